The molecule has 200 valence electrons. The van der Waals surface area contributed by atoms with Crippen molar-refractivity contribution in [3.63, 3.8) is 0 Å². The highest BCUT2D eigenvalue weighted by Gasteiger charge is 2.70. The summed E-state index contributed by atoms with van der Waals surface area (Å²) in [4.78, 5) is 19.9. The van der Waals surface area contributed by atoms with Crippen molar-refractivity contribution >= 4 is 5.82 Å². The molecule has 0 amide bonds. The summed E-state index contributed by atoms with van der Waals surface area (Å²) in [5.41, 5.74) is 3.51. The van der Waals surface area contributed by atoms with Gasteiger partial charge in [-0.2, -0.15) is 13.2 Å². The molecular formula is C28H25F3N6O2. The molecule has 8 nitrogen and oxygen atoms in total. The lowest BCUT2D eigenvalue weighted by atomic mass is 10.0. The molecule has 4 heterocycles. The highest BCUT2D eigenvalue weighted by atomic mass is 19.4. The van der Waals surface area contributed by atoms with Crippen LogP contribution < -0.4 is 9.64 Å². The number of ether oxygens (including phenoxy) is 1. The van der Waals surface area contributed by atoms with Crippen molar-refractivity contribution < 1.29 is 22.4 Å². The molecule has 3 aliphatic rings. The first-order chi connectivity index (χ1) is 18.6. The Balaban J connectivity index is 1.38. The molecule has 11 heteroatoms. The van der Waals surface area contributed by atoms with Crippen LogP contribution in [0.25, 0.3) is 22.6 Å². The second-order valence-corrected chi connectivity index (χ2v) is 10.9. The average molecular weight is 535 g/mol. The fourth-order valence-electron chi connectivity index (χ4n) is 5.56. The van der Waals surface area contributed by atoms with Crippen molar-refractivity contribution in [1.82, 2.24) is 25.1 Å². The Kier molecular flexibility index (Phi) is 5.08. The number of halogens is 3. The van der Waals surface area contributed by atoms with E-state index in [1.807, 2.05) is 11.8 Å². The molecule has 0 unspecified atom stereocenters. The van der Waals surface area contributed by atoms with Gasteiger partial charge in [0.1, 0.15) is 23.7 Å². The van der Waals surface area contributed by atoms with Gasteiger partial charge < -0.3 is 14.2 Å². The maximum atomic E-state index is 14.3. The van der Waals surface area contributed by atoms with Crippen LogP contribution in [0.1, 0.15) is 46.7 Å². The van der Waals surface area contributed by atoms with Crippen molar-refractivity contribution in [2.45, 2.75) is 52.9 Å². The van der Waals surface area contributed by atoms with Crippen LogP contribution in [0.15, 0.2) is 35.2 Å². The maximum Gasteiger partial charge on any atom is 0.417 e. The van der Waals surface area contributed by atoms with Gasteiger partial charge in [0.15, 0.2) is 5.82 Å². The van der Waals surface area contributed by atoms with Crippen molar-refractivity contribution in [2.24, 2.45) is 11.3 Å². The van der Waals surface area contributed by atoms with Gasteiger partial charge in [0, 0.05) is 34.8 Å². The molecule has 2 fully saturated rings. The molecule has 1 aliphatic heterocycles. The zero-order valence-electron chi connectivity index (χ0n) is 21.6. The molecule has 0 atom stereocenters. The lowest BCUT2D eigenvalue weighted by Crippen LogP contribution is -2.19. The van der Waals surface area contributed by atoms with E-state index >= 15 is 0 Å². The first kappa shape index (κ1) is 24.1. The number of fused-ring (bicyclic) bond motifs is 2. The summed E-state index contributed by atoms with van der Waals surface area (Å²) >= 11 is 0. The highest BCUT2D eigenvalue weighted by Crippen LogP contribution is 2.75. The summed E-state index contributed by atoms with van der Waals surface area (Å²) in [6.07, 6.45) is 0.897. The van der Waals surface area contributed by atoms with E-state index in [0.717, 1.165) is 30.2 Å². The van der Waals surface area contributed by atoms with Gasteiger partial charge in [-0.1, -0.05) is 5.16 Å². The van der Waals surface area contributed by atoms with E-state index in [2.05, 4.69) is 15.1 Å². The SMILES string of the molecule is Cc1noc(C)c1-c1nc(-c2cc(OCC34CC3C4)ccc2C(F)(F)F)nc(N2Cc3cncnc3C2)c1C. The number of anilines is 1. The predicted octanol–water partition coefficient (Wildman–Crippen LogP) is 5.84. The quantitative estimate of drug-likeness (QED) is 0.305. The molecule has 0 N–H and O–H groups in total. The lowest BCUT2D eigenvalue weighted by Gasteiger charge is -2.22. The summed E-state index contributed by atoms with van der Waals surface area (Å²) in [6.45, 7) is 6.85. The van der Waals surface area contributed by atoms with Gasteiger partial charge in [-0.15, -0.1) is 0 Å². The largest absolute Gasteiger partial charge is 0.493 e. The smallest absolute Gasteiger partial charge is 0.417 e. The van der Waals surface area contributed by atoms with Crippen molar-refractivity contribution in [3.8, 4) is 28.4 Å². The molecule has 4 aromatic rings. The average Bonchev–Trinajstić information content (AvgIpc) is 3.66. The number of aryl methyl sites for hydroxylation is 2. The Morgan fingerprint density at radius 2 is 1.92 bits per heavy atom. The molecule has 2 saturated carbocycles. The molecule has 2 aliphatic carbocycles. The molecule has 0 saturated heterocycles. The Labute approximate surface area is 222 Å². The number of alkyl halides is 3. The minimum Gasteiger partial charge on any atom is -0.493 e. The van der Waals surface area contributed by atoms with Gasteiger partial charge in [-0.25, -0.2) is 19.9 Å². The summed E-state index contributed by atoms with van der Waals surface area (Å²) < 4.78 is 54.2. The minimum absolute atomic E-state index is 0.0423. The normalized spacial score (nSPS) is 21.1. The Morgan fingerprint density at radius 3 is 2.59 bits per heavy atom. The van der Waals surface area contributed by atoms with Crippen LogP contribution in [0.2, 0.25) is 0 Å². The van der Waals surface area contributed by atoms with Gasteiger partial charge in [-0.05, 0) is 57.7 Å². The number of aromatic nitrogens is 5. The second kappa shape index (κ2) is 8.24. The van der Waals surface area contributed by atoms with E-state index in [-0.39, 0.29) is 16.8 Å². The van der Waals surface area contributed by atoms with Crippen LogP contribution in [0.3, 0.4) is 0 Å². The molecule has 0 radical (unpaired) electrons. The Hall–Kier alpha value is -4.02. The van der Waals surface area contributed by atoms with Gasteiger partial charge in [-0.3, -0.25) is 0 Å². The molecule has 0 bridgehead atoms. The van der Waals surface area contributed by atoms with Crippen LogP contribution in [0, 0.1) is 32.1 Å². The summed E-state index contributed by atoms with van der Waals surface area (Å²) in [7, 11) is 0. The number of nitrogens with zero attached hydrogens (tertiary/aromatic N) is 6. The summed E-state index contributed by atoms with van der Waals surface area (Å²) in [5, 5.41) is 4.06. The van der Waals surface area contributed by atoms with Gasteiger partial charge in [0.2, 0.25) is 0 Å². The van der Waals surface area contributed by atoms with Crippen molar-refractivity contribution in [3.05, 3.63) is 64.6 Å². The molecule has 1 aromatic carbocycles. The molecular weight excluding hydrogens is 509 g/mol. The third kappa shape index (κ3) is 4.02. The van der Waals surface area contributed by atoms with Gasteiger partial charge >= 0.3 is 6.18 Å². The van der Waals surface area contributed by atoms with Crippen LogP contribution >= 0.6 is 0 Å². The third-order valence-electron chi connectivity index (χ3n) is 8.19. The zero-order valence-corrected chi connectivity index (χ0v) is 21.6. The maximum absolute atomic E-state index is 14.3. The van der Waals surface area contributed by atoms with E-state index < -0.39 is 11.7 Å². The fraction of sp³-hybridized carbons (Fsp3) is 0.393. The number of rotatable bonds is 6. The van der Waals surface area contributed by atoms with Gasteiger partial charge in [0.05, 0.1) is 41.4 Å². The van der Waals surface area contributed by atoms with Crippen LogP contribution in [0.5, 0.6) is 5.75 Å². The molecule has 0 spiro atoms. The topological polar surface area (TPSA) is 90.1 Å². The first-order valence-electron chi connectivity index (χ1n) is 12.8. The second-order valence-electron chi connectivity index (χ2n) is 10.9. The lowest BCUT2D eigenvalue weighted by molar-refractivity contribution is -0.137. The number of hydrogen-bond acceptors (Lipinski definition) is 8. The van der Waals surface area contributed by atoms with Crippen LogP contribution in [-0.4, -0.2) is 31.7 Å². The standard InChI is InChI=1S/C28H25F3N6O2/c1-14-24(23-15(2)36-39-16(23)3)34-25(35-26(14)37-10-17-9-32-13-33-22(17)11-37)20-6-19(4-5-21(20)28(29,30)31)38-12-27-7-18(27)8-27/h4-6,9,13,18H,7-8,10-12H2,1-3H3. The predicted molar refractivity (Wildman–Crippen MR) is 135 cm³/mol. The first-order valence-corrected chi connectivity index (χ1v) is 12.8. The molecule has 7 rings (SSSR count). The van der Waals surface area contributed by atoms with E-state index in [4.69, 9.17) is 19.2 Å². The van der Waals surface area contributed by atoms with Crippen LogP contribution in [0.4, 0.5) is 19.0 Å². The van der Waals surface area contributed by atoms with Gasteiger partial charge in [0.25, 0.3) is 0 Å². The number of benzene rings is 1. The van der Waals surface area contributed by atoms with E-state index in [1.165, 1.54) is 18.5 Å². The highest BCUT2D eigenvalue weighted by molar-refractivity contribution is 5.76. The third-order valence-corrected chi connectivity index (χ3v) is 8.19. The fourth-order valence-corrected chi connectivity index (χ4v) is 5.56. The van der Waals surface area contributed by atoms with Crippen LogP contribution in [-0.2, 0) is 19.3 Å². The Bertz CT molecular complexity index is 1580. The Morgan fingerprint density at radius 1 is 1.13 bits per heavy atom. The summed E-state index contributed by atoms with van der Waals surface area (Å²) in [6, 6.07) is 3.84. The van der Waals surface area contributed by atoms with Crippen molar-refractivity contribution in [1.29, 1.82) is 0 Å². The van der Waals surface area contributed by atoms with Crippen molar-refractivity contribution in [2.75, 3.05) is 11.5 Å². The van der Waals surface area contributed by atoms with E-state index in [0.29, 0.717) is 65.5 Å². The number of hydrogen-bond donors (Lipinski definition) is 0. The zero-order chi connectivity index (χ0) is 27.1. The van der Waals surface area contributed by atoms with E-state index in [1.54, 1.807) is 20.0 Å². The monoisotopic (exact) mass is 534 g/mol. The summed E-state index contributed by atoms with van der Waals surface area (Å²) in [5.74, 6) is 2.08. The minimum atomic E-state index is -4.61. The molecule has 3 aromatic heterocycles. The molecule has 39 heavy (non-hydrogen) atoms. The van der Waals surface area contributed by atoms with E-state index in [9.17, 15) is 13.2 Å².